The highest BCUT2D eigenvalue weighted by Gasteiger charge is 2.40. The summed E-state index contributed by atoms with van der Waals surface area (Å²) in [7, 11) is 1.43. The van der Waals surface area contributed by atoms with Gasteiger partial charge in [0.25, 0.3) is 0 Å². The lowest BCUT2D eigenvalue weighted by Crippen LogP contribution is -2.54. The van der Waals surface area contributed by atoms with Crippen LogP contribution in [0.1, 0.15) is 35.7 Å². The zero-order valence-corrected chi connectivity index (χ0v) is 23.9. The van der Waals surface area contributed by atoms with Crippen molar-refractivity contribution in [1.29, 1.82) is 0 Å². The fourth-order valence-electron chi connectivity index (χ4n) is 4.22. The molecule has 3 rings (SSSR count). The molecule has 0 saturated carbocycles. The summed E-state index contributed by atoms with van der Waals surface area (Å²) in [5, 5.41) is 23.9. The summed E-state index contributed by atoms with van der Waals surface area (Å²) in [6.07, 6.45) is 0.263. The van der Waals surface area contributed by atoms with Crippen molar-refractivity contribution in [2.45, 2.75) is 44.6 Å². The van der Waals surface area contributed by atoms with Gasteiger partial charge in [-0.2, -0.15) is 0 Å². The third-order valence-corrected chi connectivity index (χ3v) is 7.20. The SMILES string of the molecule is CCC(=O)N(Cc1ccc(Cl)cc1)C1CC(C(=O)NCCO)=CC(Oc2c(I)cc(C=O)cc2OC)C1O. The minimum absolute atomic E-state index is 0.0518. The van der Waals surface area contributed by atoms with E-state index >= 15 is 0 Å². The highest BCUT2D eigenvalue weighted by atomic mass is 127. The first-order valence-corrected chi connectivity index (χ1v) is 13.5. The van der Waals surface area contributed by atoms with Crippen LogP contribution in [0.15, 0.2) is 48.0 Å². The Balaban J connectivity index is 2.02. The number of amides is 2. The van der Waals surface area contributed by atoms with Gasteiger partial charge in [-0.15, -0.1) is 0 Å². The Morgan fingerprint density at radius 3 is 2.58 bits per heavy atom. The van der Waals surface area contributed by atoms with Gasteiger partial charge < -0.3 is 29.9 Å². The number of carbonyl (C=O) groups excluding carboxylic acids is 3. The Labute approximate surface area is 239 Å². The van der Waals surface area contributed by atoms with Crippen molar-refractivity contribution < 1.29 is 34.1 Å². The fourth-order valence-corrected chi connectivity index (χ4v) is 5.10. The summed E-state index contributed by atoms with van der Waals surface area (Å²) < 4.78 is 12.2. The summed E-state index contributed by atoms with van der Waals surface area (Å²) in [4.78, 5) is 38.9. The van der Waals surface area contributed by atoms with Crippen LogP contribution in [0.25, 0.3) is 0 Å². The van der Waals surface area contributed by atoms with Gasteiger partial charge in [-0.05, 0) is 58.5 Å². The predicted molar refractivity (Wildman–Crippen MR) is 150 cm³/mol. The van der Waals surface area contributed by atoms with Crippen LogP contribution < -0.4 is 14.8 Å². The Kier molecular flexibility index (Phi) is 11.0. The molecule has 3 N–H and O–H groups in total. The number of nitrogens with zero attached hydrogens (tertiary/aromatic N) is 1. The van der Waals surface area contributed by atoms with Crippen molar-refractivity contribution in [2.75, 3.05) is 20.3 Å². The van der Waals surface area contributed by atoms with Crippen LogP contribution in [0.2, 0.25) is 5.02 Å². The van der Waals surface area contributed by atoms with Crippen molar-refractivity contribution in [3.05, 3.63) is 67.8 Å². The number of aldehydes is 1. The Hall–Kier alpha value is -2.67. The van der Waals surface area contributed by atoms with Gasteiger partial charge in [0.1, 0.15) is 18.5 Å². The summed E-state index contributed by atoms with van der Waals surface area (Å²) in [5.41, 5.74) is 1.51. The molecule has 0 spiro atoms. The standard InChI is InChI=1S/C27H30ClIN2O7/c1-3-24(34)31(14-16-4-6-19(28)7-5-16)21-12-18(27(36)30-8-9-32)13-22(25(21)35)38-26-20(29)10-17(15-33)11-23(26)37-2/h4-7,10-11,13,15,21-22,25,32,35H,3,8-9,12,14H2,1-2H3,(H,30,36). The van der Waals surface area contributed by atoms with E-state index in [1.165, 1.54) is 19.3 Å². The molecule has 0 saturated heterocycles. The Morgan fingerprint density at radius 1 is 1.26 bits per heavy atom. The molecule has 0 radical (unpaired) electrons. The molecular formula is C27H30ClIN2O7. The number of aliphatic hydroxyl groups is 2. The number of halogens is 2. The van der Waals surface area contributed by atoms with E-state index in [9.17, 15) is 19.5 Å². The Morgan fingerprint density at radius 2 is 1.97 bits per heavy atom. The van der Waals surface area contributed by atoms with Crippen LogP contribution in [0.5, 0.6) is 11.5 Å². The molecule has 2 amide bonds. The van der Waals surface area contributed by atoms with Gasteiger partial charge in [0.2, 0.25) is 11.8 Å². The fraction of sp³-hybridized carbons (Fsp3) is 0.370. The maximum atomic E-state index is 13.1. The smallest absolute Gasteiger partial charge is 0.247 e. The molecule has 11 heteroatoms. The first-order chi connectivity index (χ1) is 18.2. The zero-order valence-electron chi connectivity index (χ0n) is 21.0. The molecule has 2 aromatic rings. The number of methoxy groups -OCH3 is 1. The molecule has 3 atom stereocenters. The van der Waals surface area contributed by atoms with Gasteiger partial charge in [-0.3, -0.25) is 14.4 Å². The van der Waals surface area contributed by atoms with E-state index in [2.05, 4.69) is 5.32 Å². The van der Waals surface area contributed by atoms with E-state index in [4.69, 9.17) is 26.2 Å². The summed E-state index contributed by atoms with van der Waals surface area (Å²) in [6.45, 7) is 1.74. The number of benzene rings is 2. The number of carbonyl (C=O) groups is 3. The molecular weight excluding hydrogens is 627 g/mol. The average Bonchev–Trinajstić information content (AvgIpc) is 2.92. The lowest BCUT2D eigenvalue weighted by atomic mass is 9.87. The van der Waals surface area contributed by atoms with Crippen molar-refractivity contribution >= 4 is 52.3 Å². The molecule has 0 heterocycles. The first kappa shape index (κ1) is 29.9. The van der Waals surface area contributed by atoms with Gasteiger partial charge >= 0.3 is 0 Å². The van der Waals surface area contributed by atoms with Crippen LogP contribution in [0, 0.1) is 3.57 Å². The number of nitrogens with one attached hydrogen (secondary N) is 1. The second kappa shape index (κ2) is 13.9. The van der Waals surface area contributed by atoms with Gasteiger partial charge in [-0.25, -0.2) is 0 Å². The summed E-state index contributed by atoms with van der Waals surface area (Å²) >= 11 is 8.02. The van der Waals surface area contributed by atoms with E-state index in [1.54, 1.807) is 42.2 Å². The lowest BCUT2D eigenvalue weighted by Gasteiger charge is -2.40. The van der Waals surface area contributed by atoms with Crippen LogP contribution in [0.3, 0.4) is 0 Å². The van der Waals surface area contributed by atoms with Gasteiger partial charge in [-0.1, -0.05) is 30.7 Å². The number of hydrogen-bond donors (Lipinski definition) is 3. The van der Waals surface area contributed by atoms with E-state index in [1.807, 2.05) is 22.6 Å². The predicted octanol–water partition coefficient (Wildman–Crippen LogP) is 3.12. The van der Waals surface area contributed by atoms with Crippen LogP contribution in [0.4, 0.5) is 0 Å². The molecule has 2 aromatic carbocycles. The van der Waals surface area contributed by atoms with Crippen LogP contribution in [-0.4, -0.2) is 71.7 Å². The Bertz CT molecular complexity index is 1190. The second-order valence-corrected chi connectivity index (χ2v) is 10.3. The highest BCUT2D eigenvalue weighted by Crippen LogP contribution is 2.37. The second-order valence-electron chi connectivity index (χ2n) is 8.67. The zero-order chi connectivity index (χ0) is 27.8. The summed E-state index contributed by atoms with van der Waals surface area (Å²) in [6, 6.07) is 9.38. The molecule has 3 unspecified atom stereocenters. The molecule has 1 aliphatic carbocycles. The van der Waals surface area contributed by atoms with Gasteiger partial charge in [0, 0.05) is 42.1 Å². The molecule has 0 aliphatic heterocycles. The van der Waals surface area contributed by atoms with Crippen molar-refractivity contribution in [2.24, 2.45) is 0 Å². The third kappa shape index (κ3) is 7.25. The van der Waals surface area contributed by atoms with Gasteiger partial charge in [0.05, 0.1) is 23.3 Å². The molecule has 0 bridgehead atoms. The lowest BCUT2D eigenvalue weighted by molar-refractivity contribution is -0.139. The third-order valence-electron chi connectivity index (χ3n) is 6.15. The monoisotopic (exact) mass is 656 g/mol. The molecule has 9 nitrogen and oxygen atoms in total. The van der Waals surface area contributed by atoms with E-state index in [0.29, 0.717) is 31.8 Å². The number of rotatable bonds is 11. The highest BCUT2D eigenvalue weighted by molar-refractivity contribution is 14.1. The maximum absolute atomic E-state index is 13.1. The molecule has 0 fully saturated rings. The molecule has 1 aliphatic rings. The van der Waals surface area contributed by atoms with E-state index in [0.717, 1.165) is 5.56 Å². The minimum atomic E-state index is -1.20. The molecule has 204 valence electrons. The largest absolute Gasteiger partial charge is 0.493 e. The number of aliphatic hydroxyl groups excluding tert-OH is 2. The van der Waals surface area contributed by atoms with E-state index < -0.39 is 24.2 Å². The van der Waals surface area contributed by atoms with Crippen LogP contribution >= 0.6 is 34.2 Å². The van der Waals surface area contributed by atoms with E-state index in [-0.39, 0.29) is 44.2 Å². The van der Waals surface area contributed by atoms with Crippen molar-refractivity contribution in [3.8, 4) is 11.5 Å². The minimum Gasteiger partial charge on any atom is -0.493 e. The average molecular weight is 657 g/mol. The molecule has 38 heavy (non-hydrogen) atoms. The van der Waals surface area contributed by atoms with Crippen molar-refractivity contribution in [1.82, 2.24) is 10.2 Å². The molecule has 0 aromatic heterocycles. The van der Waals surface area contributed by atoms with Crippen LogP contribution in [-0.2, 0) is 16.1 Å². The van der Waals surface area contributed by atoms with Crippen molar-refractivity contribution in [3.63, 3.8) is 0 Å². The quantitative estimate of drug-likeness (QED) is 0.251. The normalized spacial score (nSPS) is 18.8. The van der Waals surface area contributed by atoms with Gasteiger partial charge in [0.15, 0.2) is 11.5 Å². The summed E-state index contributed by atoms with van der Waals surface area (Å²) in [5.74, 6) is -0.0586. The number of hydrogen-bond acceptors (Lipinski definition) is 7. The maximum Gasteiger partial charge on any atom is 0.247 e. The first-order valence-electron chi connectivity index (χ1n) is 12.0. The number of ether oxygens (including phenoxy) is 2. The topological polar surface area (TPSA) is 125 Å².